The van der Waals surface area contributed by atoms with E-state index in [1.54, 1.807) is 23.9 Å². The van der Waals surface area contributed by atoms with Crippen LogP contribution >= 0.6 is 23.4 Å². The highest BCUT2D eigenvalue weighted by Gasteiger charge is 2.19. The summed E-state index contributed by atoms with van der Waals surface area (Å²) in [6.07, 6.45) is 13.5. The van der Waals surface area contributed by atoms with E-state index in [4.69, 9.17) is 16.3 Å². The third-order valence-corrected chi connectivity index (χ3v) is 6.27. The lowest BCUT2D eigenvalue weighted by molar-refractivity contribution is -0.134. The summed E-state index contributed by atoms with van der Waals surface area (Å²) in [4.78, 5) is 21.0. The van der Waals surface area contributed by atoms with Gasteiger partial charge < -0.3 is 4.74 Å². The van der Waals surface area contributed by atoms with Crippen molar-refractivity contribution in [1.29, 1.82) is 0 Å². The Balaban J connectivity index is 1.76. The largest absolute Gasteiger partial charge is 0.425 e. The van der Waals surface area contributed by atoms with E-state index in [0.717, 1.165) is 22.0 Å². The number of alkyl halides is 1. The molecule has 6 heteroatoms. The van der Waals surface area contributed by atoms with Gasteiger partial charge in [-0.05, 0) is 36.5 Å². The molecular formula is C25H35ClN2O2S. The minimum atomic E-state index is -0.626. The lowest BCUT2D eigenvalue weighted by atomic mass is 10.1. The fraction of sp³-hybridized carbons (Fsp3) is 0.560. The fourth-order valence-electron chi connectivity index (χ4n) is 3.17. The lowest BCUT2D eigenvalue weighted by Crippen LogP contribution is -2.22. The van der Waals surface area contributed by atoms with E-state index in [9.17, 15) is 4.79 Å². The van der Waals surface area contributed by atoms with Crippen LogP contribution in [0.25, 0.3) is 11.1 Å². The summed E-state index contributed by atoms with van der Waals surface area (Å²) in [5, 5.41) is 0.192. The van der Waals surface area contributed by atoms with Crippen molar-refractivity contribution in [1.82, 2.24) is 9.97 Å². The second-order valence-electron chi connectivity index (χ2n) is 8.27. The van der Waals surface area contributed by atoms with Gasteiger partial charge in [0, 0.05) is 23.7 Å². The van der Waals surface area contributed by atoms with Crippen molar-refractivity contribution >= 4 is 29.3 Å². The van der Waals surface area contributed by atoms with Crippen LogP contribution < -0.4 is 4.74 Å². The number of rotatable bonds is 14. The van der Waals surface area contributed by atoms with Gasteiger partial charge in [-0.2, -0.15) is 0 Å². The Morgan fingerprint density at radius 2 is 1.58 bits per heavy atom. The van der Waals surface area contributed by atoms with E-state index in [1.165, 1.54) is 44.9 Å². The second kappa shape index (κ2) is 14.5. The zero-order valence-electron chi connectivity index (χ0n) is 19.0. The first-order valence-corrected chi connectivity index (χ1v) is 12.8. The number of nitrogens with zero attached hydrogens (tertiary/aromatic N) is 2. The quantitative estimate of drug-likeness (QED) is 0.0724. The number of ether oxygens (including phenoxy) is 1. The zero-order valence-corrected chi connectivity index (χ0v) is 20.6. The minimum absolute atomic E-state index is 0.342. The molecule has 0 amide bonds. The van der Waals surface area contributed by atoms with Crippen molar-refractivity contribution in [2.45, 2.75) is 82.7 Å². The number of unbranched alkanes of at least 4 members (excludes halogenated alkanes) is 6. The van der Waals surface area contributed by atoms with Gasteiger partial charge in [-0.3, -0.25) is 4.79 Å². The standard InChI is InChI=1S/C25H35ClN2O2S/c1-4-5-6-7-8-9-10-15-31-25-27-17-21(18-28-25)20-11-13-22(14-12-20)30-24(29)23(26)16-19(2)3/h11-14,17-19,23H,4-10,15-16H2,1-3H3/t23-/m0/s1. The Kier molecular flexibility index (Phi) is 12.0. The summed E-state index contributed by atoms with van der Waals surface area (Å²) in [6.45, 7) is 6.30. The van der Waals surface area contributed by atoms with Gasteiger partial charge in [0.05, 0.1) is 0 Å². The molecule has 0 aliphatic carbocycles. The molecule has 2 aromatic rings. The summed E-state index contributed by atoms with van der Waals surface area (Å²) in [5.41, 5.74) is 1.92. The summed E-state index contributed by atoms with van der Waals surface area (Å²) in [7, 11) is 0. The van der Waals surface area contributed by atoms with Gasteiger partial charge in [-0.25, -0.2) is 9.97 Å². The van der Waals surface area contributed by atoms with E-state index in [2.05, 4.69) is 16.9 Å². The normalized spacial score (nSPS) is 12.2. The second-order valence-corrected chi connectivity index (χ2v) is 9.86. The number of hydrogen-bond acceptors (Lipinski definition) is 5. The summed E-state index contributed by atoms with van der Waals surface area (Å²) in [6, 6.07) is 7.35. The Bertz CT molecular complexity index is 766. The molecule has 1 atom stereocenters. The van der Waals surface area contributed by atoms with Crippen LogP contribution in [0.2, 0.25) is 0 Å². The van der Waals surface area contributed by atoms with Crippen molar-refractivity contribution in [3.05, 3.63) is 36.7 Å². The molecule has 1 aromatic carbocycles. The predicted octanol–water partition coefficient (Wildman–Crippen LogP) is 7.55. The molecule has 0 radical (unpaired) electrons. The summed E-state index contributed by atoms with van der Waals surface area (Å²) >= 11 is 7.82. The average molecular weight is 463 g/mol. The van der Waals surface area contributed by atoms with Crippen LogP contribution in [-0.2, 0) is 4.79 Å². The first-order chi connectivity index (χ1) is 15.0. The molecular weight excluding hydrogens is 428 g/mol. The smallest absolute Gasteiger partial charge is 0.329 e. The predicted molar refractivity (Wildman–Crippen MR) is 131 cm³/mol. The first kappa shape index (κ1) is 25.7. The molecule has 170 valence electrons. The summed E-state index contributed by atoms with van der Waals surface area (Å²) in [5.74, 6) is 1.49. The molecule has 1 aromatic heterocycles. The molecule has 0 aliphatic rings. The number of halogens is 1. The van der Waals surface area contributed by atoms with Gasteiger partial charge in [0.2, 0.25) is 0 Å². The van der Waals surface area contributed by atoms with E-state index in [0.29, 0.717) is 18.1 Å². The third kappa shape index (κ3) is 10.0. The molecule has 4 nitrogen and oxygen atoms in total. The van der Waals surface area contributed by atoms with Gasteiger partial charge in [-0.1, -0.05) is 83.2 Å². The maximum Gasteiger partial charge on any atom is 0.329 e. The zero-order chi connectivity index (χ0) is 22.5. The minimum Gasteiger partial charge on any atom is -0.425 e. The van der Waals surface area contributed by atoms with Crippen LogP contribution in [0, 0.1) is 5.92 Å². The van der Waals surface area contributed by atoms with Crippen LogP contribution in [0.15, 0.2) is 41.8 Å². The number of thioether (sulfide) groups is 1. The first-order valence-electron chi connectivity index (χ1n) is 11.4. The van der Waals surface area contributed by atoms with Gasteiger partial charge >= 0.3 is 5.97 Å². The van der Waals surface area contributed by atoms with E-state index >= 15 is 0 Å². The van der Waals surface area contributed by atoms with E-state index < -0.39 is 11.3 Å². The Morgan fingerprint density at radius 3 is 2.19 bits per heavy atom. The molecule has 31 heavy (non-hydrogen) atoms. The lowest BCUT2D eigenvalue weighted by Gasteiger charge is -2.11. The monoisotopic (exact) mass is 462 g/mol. The van der Waals surface area contributed by atoms with E-state index in [-0.39, 0.29) is 0 Å². The molecule has 0 aliphatic heterocycles. The van der Waals surface area contributed by atoms with E-state index in [1.807, 2.05) is 38.4 Å². The van der Waals surface area contributed by atoms with Crippen molar-refractivity contribution in [2.75, 3.05) is 5.75 Å². The Hall–Kier alpha value is -1.59. The number of hydrogen-bond donors (Lipinski definition) is 0. The van der Waals surface area contributed by atoms with Crippen LogP contribution in [0.4, 0.5) is 0 Å². The highest BCUT2D eigenvalue weighted by molar-refractivity contribution is 7.99. The summed E-state index contributed by atoms with van der Waals surface area (Å²) < 4.78 is 5.37. The van der Waals surface area contributed by atoms with Gasteiger partial charge in [-0.15, -0.1) is 11.6 Å². The molecule has 1 heterocycles. The topological polar surface area (TPSA) is 52.1 Å². The highest BCUT2D eigenvalue weighted by Crippen LogP contribution is 2.24. The molecule has 0 fully saturated rings. The van der Waals surface area contributed by atoms with Crippen molar-refractivity contribution in [3.8, 4) is 16.9 Å². The maximum absolute atomic E-state index is 12.1. The van der Waals surface area contributed by atoms with Crippen LogP contribution in [0.1, 0.15) is 72.1 Å². The molecule has 0 spiro atoms. The number of esters is 1. The highest BCUT2D eigenvalue weighted by atomic mass is 35.5. The van der Waals surface area contributed by atoms with Crippen molar-refractivity contribution in [3.63, 3.8) is 0 Å². The van der Waals surface area contributed by atoms with Gasteiger partial charge in [0.25, 0.3) is 0 Å². The van der Waals surface area contributed by atoms with Crippen LogP contribution in [0.3, 0.4) is 0 Å². The fourth-order valence-corrected chi connectivity index (χ4v) is 4.35. The van der Waals surface area contributed by atoms with Gasteiger partial charge in [0.15, 0.2) is 5.16 Å². The molecule has 0 N–H and O–H groups in total. The molecule has 0 saturated carbocycles. The Labute approximate surface area is 196 Å². The molecule has 0 bridgehead atoms. The van der Waals surface area contributed by atoms with Gasteiger partial charge in [0.1, 0.15) is 11.1 Å². The van der Waals surface area contributed by atoms with Crippen LogP contribution in [-0.4, -0.2) is 27.1 Å². The molecule has 0 unspecified atom stereocenters. The number of carbonyl (C=O) groups is 1. The SMILES string of the molecule is CCCCCCCCCSc1ncc(-c2ccc(OC(=O)[C@@H](Cl)CC(C)C)cc2)cn1. The van der Waals surface area contributed by atoms with Crippen molar-refractivity contribution in [2.24, 2.45) is 5.92 Å². The average Bonchev–Trinajstić information content (AvgIpc) is 2.76. The number of benzene rings is 1. The van der Waals surface area contributed by atoms with Crippen molar-refractivity contribution < 1.29 is 9.53 Å². The maximum atomic E-state index is 12.1. The third-order valence-electron chi connectivity index (χ3n) is 4.95. The number of aromatic nitrogens is 2. The van der Waals surface area contributed by atoms with Crippen LogP contribution in [0.5, 0.6) is 5.75 Å². The Morgan fingerprint density at radius 1 is 0.968 bits per heavy atom. The molecule has 2 rings (SSSR count). The molecule has 0 saturated heterocycles. The number of carbonyl (C=O) groups excluding carboxylic acids is 1.